The third-order valence-electron chi connectivity index (χ3n) is 4.55. The quantitative estimate of drug-likeness (QED) is 0.843. The van der Waals surface area contributed by atoms with E-state index in [2.05, 4.69) is 10.2 Å². The molecule has 138 valence electrons. The van der Waals surface area contributed by atoms with E-state index in [4.69, 9.17) is 21.1 Å². The molecule has 0 saturated carbocycles. The average Bonchev–Trinajstić information content (AvgIpc) is 2.69. The van der Waals surface area contributed by atoms with Gasteiger partial charge >= 0.3 is 0 Å². The topological polar surface area (TPSA) is 50.8 Å². The Hall–Kier alpha value is -2.08. The second-order valence-corrected chi connectivity index (χ2v) is 6.56. The number of para-hydroxylation sites is 1. The molecule has 6 heteroatoms. The predicted octanol–water partition coefficient (Wildman–Crippen LogP) is 3.15. The fraction of sp³-hybridized carbons (Fsp3) is 0.350. The Labute approximate surface area is 158 Å². The monoisotopic (exact) mass is 374 g/mol. The maximum absolute atomic E-state index is 12.5. The van der Waals surface area contributed by atoms with Crippen molar-refractivity contribution >= 4 is 17.5 Å². The van der Waals surface area contributed by atoms with E-state index in [1.807, 2.05) is 24.3 Å². The Bertz CT molecular complexity index is 730. The standard InChI is InChI=1S/C20H23ClN2O3/c1-25-19-5-3-2-4-17(19)18(23-10-12-26-13-11-23)14-22-20(24)15-6-8-16(21)9-7-15/h2-9,18H,10-14H2,1H3,(H,22,24). The van der Waals surface area contributed by atoms with Crippen LogP contribution < -0.4 is 10.1 Å². The first kappa shape index (κ1) is 18.7. The third-order valence-corrected chi connectivity index (χ3v) is 4.80. The summed E-state index contributed by atoms with van der Waals surface area (Å²) < 4.78 is 11.0. The van der Waals surface area contributed by atoms with E-state index in [-0.39, 0.29) is 11.9 Å². The van der Waals surface area contributed by atoms with Crippen molar-refractivity contribution in [3.63, 3.8) is 0 Å². The van der Waals surface area contributed by atoms with Crippen LogP contribution in [0, 0.1) is 0 Å². The highest BCUT2D eigenvalue weighted by Crippen LogP contribution is 2.29. The van der Waals surface area contributed by atoms with E-state index in [1.54, 1.807) is 31.4 Å². The minimum Gasteiger partial charge on any atom is -0.496 e. The molecule has 1 aliphatic heterocycles. The molecule has 1 unspecified atom stereocenters. The number of hydrogen-bond donors (Lipinski definition) is 1. The molecule has 1 amide bonds. The van der Waals surface area contributed by atoms with Crippen molar-refractivity contribution in [1.29, 1.82) is 0 Å². The van der Waals surface area contributed by atoms with Crippen LogP contribution >= 0.6 is 11.6 Å². The van der Waals surface area contributed by atoms with Gasteiger partial charge in [-0.1, -0.05) is 29.8 Å². The lowest BCUT2D eigenvalue weighted by atomic mass is 10.0. The van der Waals surface area contributed by atoms with Crippen LogP contribution in [0.4, 0.5) is 0 Å². The maximum atomic E-state index is 12.5. The first-order valence-corrected chi connectivity index (χ1v) is 9.05. The van der Waals surface area contributed by atoms with E-state index in [1.165, 1.54) is 0 Å². The number of benzene rings is 2. The number of halogens is 1. The molecule has 1 saturated heterocycles. The summed E-state index contributed by atoms with van der Waals surface area (Å²) in [5.41, 5.74) is 1.66. The fourth-order valence-electron chi connectivity index (χ4n) is 3.16. The SMILES string of the molecule is COc1ccccc1C(CNC(=O)c1ccc(Cl)cc1)N1CCOCC1. The van der Waals surface area contributed by atoms with Crippen LogP contribution in [0.3, 0.4) is 0 Å². The number of nitrogens with one attached hydrogen (secondary N) is 1. The third kappa shape index (κ3) is 4.55. The average molecular weight is 375 g/mol. The van der Waals surface area contributed by atoms with Gasteiger partial charge in [-0.3, -0.25) is 9.69 Å². The molecule has 1 atom stereocenters. The smallest absolute Gasteiger partial charge is 0.251 e. The molecule has 2 aromatic carbocycles. The lowest BCUT2D eigenvalue weighted by Crippen LogP contribution is -2.44. The van der Waals surface area contributed by atoms with Crippen LogP contribution in [0.1, 0.15) is 22.0 Å². The summed E-state index contributed by atoms with van der Waals surface area (Å²) in [4.78, 5) is 14.8. The zero-order chi connectivity index (χ0) is 18.4. The first-order chi connectivity index (χ1) is 12.7. The molecule has 0 radical (unpaired) electrons. The van der Waals surface area contributed by atoms with Crippen LogP contribution in [-0.2, 0) is 4.74 Å². The van der Waals surface area contributed by atoms with E-state index in [9.17, 15) is 4.79 Å². The Morgan fingerprint density at radius 1 is 1.19 bits per heavy atom. The van der Waals surface area contributed by atoms with Gasteiger partial charge in [0.25, 0.3) is 5.91 Å². The van der Waals surface area contributed by atoms with Crippen LogP contribution in [0.15, 0.2) is 48.5 Å². The van der Waals surface area contributed by atoms with Gasteiger partial charge in [0.15, 0.2) is 0 Å². The van der Waals surface area contributed by atoms with Gasteiger partial charge in [0, 0.05) is 35.8 Å². The summed E-state index contributed by atoms with van der Waals surface area (Å²) >= 11 is 5.89. The van der Waals surface area contributed by atoms with E-state index >= 15 is 0 Å². The van der Waals surface area contributed by atoms with Crippen molar-refractivity contribution in [3.8, 4) is 5.75 Å². The number of rotatable bonds is 6. The van der Waals surface area contributed by atoms with Gasteiger partial charge in [0.2, 0.25) is 0 Å². The number of ether oxygens (including phenoxy) is 2. The van der Waals surface area contributed by atoms with Gasteiger partial charge in [-0.2, -0.15) is 0 Å². The maximum Gasteiger partial charge on any atom is 0.251 e. The van der Waals surface area contributed by atoms with Gasteiger partial charge in [-0.05, 0) is 30.3 Å². The molecule has 0 aliphatic carbocycles. The molecule has 0 spiro atoms. The summed E-state index contributed by atoms with van der Waals surface area (Å²) in [6, 6.07) is 14.8. The summed E-state index contributed by atoms with van der Waals surface area (Å²) in [7, 11) is 1.67. The van der Waals surface area contributed by atoms with Gasteiger partial charge in [-0.15, -0.1) is 0 Å². The molecule has 1 N–H and O–H groups in total. The van der Waals surface area contributed by atoms with Crippen molar-refractivity contribution in [1.82, 2.24) is 10.2 Å². The Morgan fingerprint density at radius 3 is 2.58 bits per heavy atom. The van der Waals surface area contributed by atoms with Crippen LogP contribution in [-0.4, -0.2) is 50.8 Å². The fourth-order valence-corrected chi connectivity index (χ4v) is 3.29. The Morgan fingerprint density at radius 2 is 1.88 bits per heavy atom. The highest BCUT2D eigenvalue weighted by molar-refractivity contribution is 6.30. The second kappa shape index (κ2) is 9.03. The molecular weight excluding hydrogens is 352 g/mol. The molecule has 0 bridgehead atoms. The number of carbonyl (C=O) groups excluding carboxylic acids is 1. The van der Waals surface area contributed by atoms with Crippen LogP contribution in [0.5, 0.6) is 5.75 Å². The molecule has 1 aliphatic rings. The van der Waals surface area contributed by atoms with Crippen molar-refractivity contribution < 1.29 is 14.3 Å². The molecule has 26 heavy (non-hydrogen) atoms. The minimum atomic E-state index is -0.116. The normalized spacial score (nSPS) is 16.1. The molecule has 1 heterocycles. The number of amides is 1. The zero-order valence-electron chi connectivity index (χ0n) is 14.8. The highest BCUT2D eigenvalue weighted by atomic mass is 35.5. The van der Waals surface area contributed by atoms with E-state index < -0.39 is 0 Å². The Balaban J connectivity index is 1.77. The van der Waals surface area contributed by atoms with Gasteiger partial charge in [0.05, 0.1) is 26.4 Å². The molecule has 0 aromatic heterocycles. The summed E-state index contributed by atoms with van der Waals surface area (Å²) in [5.74, 6) is 0.708. The van der Waals surface area contributed by atoms with E-state index in [0.717, 1.165) is 24.4 Å². The minimum absolute atomic E-state index is 0.0197. The summed E-state index contributed by atoms with van der Waals surface area (Å²) in [5, 5.41) is 3.66. The van der Waals surface area contributed by atoms with Gasteiger partial charge < -0.3 is 14.8 Å². The zero-order valence-corrected chi connectivity index (χ0v) is 15.5. The molecule has 3 rings (SSSR count). The van der Waals surface area contributed by atoms with E-state index in [0.29, 0.717) is 30.3 Å². The van der Waals surface area contributed by atoms with Crippen molar-refractivity contribution in [3.05, 3.63) is 64.7 Å². The number of methoxy groups -OCH3 is 1. The van der Waals surface area contributed by atoms with Crippen molar-refractivity contribution in [2.75, 3.05) is 40.0 Å². The summed E-state index contributed by atoms with van der Waals surface area (Å²) in [6.07, 6.45) is 0. The largest absolute Gasteiger partial charge is 0.496 e. The van der Waals surface area contributed by atoms with Crippen LogP contribution in [0.25, 0.3) is 0 Å². The van der Waals surface area contributed by atoms with Gasteiger partial charge in [0.1, 0.15) is 5.75 Å². The highest BCUT2D eigenvalue weighted by Gasteiger charge is 2.25. The predicted molar refractivity (Wildman–Crippen MR) is 102 cm³/mol. The van der Waals surface area contributed by atoms with Crippen molar-refractivity contribution in [2.24, 2.45) is 0 Å². The molecular formula is C20H23ClN2O3. The Kier molecular flexibility index (Phi) is 6.50. The molecule has 5 nitrogen and oxygen atoms in total. The van der Waals surface area contributed by atoms with Gasteiger partial charge in [-0.25, -0.2) is 0 Å². The lowest BCUT2D eigenvalue weighted by Gasteiger charge is -2.35. The first-order valence-electron chi connectivity index (χ1n) is 8.67. The van der Waals surface area contributed by atoms with Crippen LogP contribution in [0.2, 0.25) is 5.02 Å². The number of morpholine rings is 1. The number of hydrogen-bond acceptors (Lipinski definition) is 4. The number of nitrogens with zero attached hydrogens (tertiary/aromatic N) is 1. The summed E-state index contributed by atoms with van der Waals surface area (Å²) in [6.45, 7) is 3.51. The molecule has 2 aromatic rings. The lowest BCUT2D eigenvalue weighted by molar-refractivity contribution is 0.0157. The van der Waals surface area contributed by atoms with Crippen molar-refractivity contribution in [2.45, 2.75) is 6.04 Å². The number of carbonyl (C=O) groups is 1. The molecule has 1 fully saturated rings. The second-order valence-electron chi connectivity index (χ2n) is 6.12.